The summed E-state index contributed by atoms with van der Waals surface area (Å²) in [5.41, 5.74) is 3.35. The molecule has 3 aromatic rings. The third-order valence-electron chi connectivity index (χ3n) is 3.24. The minimum absolute atomic E-state index is 0.781. The number of hydrogen-bond acceptors (Lipinski definition) is 4. The van der Waals surface area contributed by atoms with Gasteiger partial charge in [0.2, 0.25) is 0 Å². The Morgan fingerprint density at radius 3 is 2.71 bits per heavy atom. The van der Waals surface area contributed by atoms with E-state index in [1.807, 2.05) is 12.1 Å². The lowest BCUT2D eigenvalue weighted by molar-refractivity contribution is 0.572. The maximum Gasteiger partial charge on any atom is 0.181 e. The van der Waals surface area contributed by atoms with E-state index < -0.39 is 0 Å². The first kappa shape index (κ1) is 13.8. The molecule has 0 bridgehead atoms. The van der Waals surface area contributed by atoms with Crippen molar-refractivity contribution in [3.8, 4) is 11.3 Å². The molecule has 0 spiro atoms. The molecule has 3 nitrogen and oxygen atoms in total. The summed E-state index contributed by atoms with van der Waals surface area (Å²) in [4.78, 5) is 5.23. The summed E-state index contributed by atoms with van der Waals surface area (Å²) in [5.74, 6) is 0.781. The van der Waals surface area contributed by atoms with Crippen molar-refractivity contribution in [1.82, 2.24) is 4.98 Å². The second kappa shape index (κ2) is 6.50. The summed E-state index contributed by atoms with van der Waals surface area (Å²) in [6.45, 7) is 0.800. The van der Waals surface area contributed by atoms with Gasteiger partial charge in [-0.2, -0.15) is 0 Å². The van der Waals surface area contributed by atoms with Crippen LogP contribution in [0.2, 0.25) is 0 Å². The van der Waals surface area contributed by atoms with Gasteiger partial charge in [0.25, 0.3) is 0 Å². The number of nitrogens with zero attached hydrogens (tertiary/aromatic N) is 1. The fourth-order valence-electron chi connectivity index (χ4n) is 2.09. The van der Waals surface area contributed by atoms with Gasteiger partial charge in [-0.3, -0.25) is 0 Å². The van der Waals surface area contributed by atoms with Gasteiger partial charge >= 0.3 is 0 Å². The van der Waals surface area contributed by atoms with Crippen LogP contribution in [0.3, 0.4) is 0 Å². The molecule has 0 fully saturated rings. The number of nitrogens with one attached hydrogen (secondary N) is 1. The number of oxazole rings is 1. The highest BCUT2D eigenvalue weighted by molar-refractivity contribution is 7.98. The minimum atomic E-state index is 0.781. The Morgan fingerprint density at radius 1 is 1.14 bits per heavy atom. The van der Waals surface area contributed by atoms with Crippen LogP contribution in [0, 0.1) is 0 Å². The van der Waals surface area contributed by atoms with E-state index in [0.29, 0.717) is 0 Å². The molecule has 0 saturated carbocycles. The molecule has 1 heterocycles. The lowest BCUT2D eigenvalue weighted by Gasteiger charge is -2.08. The lowest BCUT2D eigenvalue weighted by atomic mass is 10.1. The number of aromatic nitrogens is 1. The van der Waals surface area contributed by atoms with Crippen molar-refractivity contribution in [3.05, 3.63) is 66.7 Å². The predicted octanol–water partition coefficient (Wildman–Crippen LogP) is 4.68. The summed E-state index contributed by atoms with van der Waals surface area (Å²) in [6.07, 6.45) is 5.26. The van der Waals surface area contributed by atoms with Gasteiger partial charge in [0.05, 0.1) is 6.20 Å². The Bertz CT molecular complexity index is 693. The average Bonchev–Trinajstić information content (AvgIpc) is 3.08. The van der Waals surface area contributed by atoms with Crippen molar-refractivity contribution in [2.24, 2.45) is 0 Å². The van der Waals surface area contributed by atoms with Gasteiger partial charge in [0.1, 0.15) is 0 Å². The fraction of sp³-hybridized carbons (Fsp3) is 0.118. The summed E-state index contributed by atoms with van der Waals surface area (Å²) in [6, 6.07) is 16.7. The van der Waals surface area contributed by atoms with E-state index in [4.69, 9.17) is 4.42 Å². The van der Waals surface area contributed by atoms with Crippen LogP contribution in [-0.4, -0.2) is 11.2 Å². The van der Waals surface area contributed by atoms with E-state index in [9.17, 15) is 0 Å². The second-order valence-corrected chi connectivity index (χ2v) is 5.53. The first-order valence-corrected chi connectivity index (χ1v) is 7.93. The molecule has 1 aromatic heterocycles. The monoisotopic (exact) mass is 296 g/mol. The summed E-state index contributed by atoms with van der Waals surface area (Å²) < 4.78 is 5.32. The predicted molar refractivity (Wildman–Crippen MR) is 87.5 cm³/mol. The van der Waals surface area contributed by atoms with E-state index in [0.717, 1.165) is 23.6 Å². The number of anilines is 1. The standard InChI is InChI=1S/C17H16N2OS/c1-21-16-7-5-13(6-8-16)10-19-15-4-2-3-14(9-15)17-11-18-12-20-17/h2-9,11-12,19H,10H2,1H3. The molecule has 0 amide bonds. The Balaban J connectivity index is 1.68. The molecule has 3 rings (SSSR count). The molecule has 4 heteroatoms. The smallest absolute Gasteiger partial charge is 0.181 e. The third kappa shape index (κ3) is 3.47. The maximum atomic E-state index is 5.32. The average molecular weight is 296 g/mol. The van der Waals surface area contributed by atoms with Crippen molar-refractivity contribution in [1.29, 1.82) is 0 Å². The topological polar surface area (TPSA) is 38.1 Å². The van der Waals surface area contributed by atoms with E-state index in [2.05, 4.69) is 53.0 Å². The Hall–Kier alpha value is -2.20. The van der Waals surface area contributed by atoms with Crippen LogP contribution < -0.4 is 5.32 Å². The van der Waals surface area contributed by atoms with E-state index in [1.165, 1.54) is 16.9 Å². The van der Waals surface area contributed by atoms with Crippen LogP contribution in [0.25, 0.3) is 11.3 Å². The summed E-state index contributed by atoms with van der Waals surface area (Å²) in [7, 11) is 0. The molecule has 0 saturated heterocycles. The molecule has 0 aliphatic carbocycles. The van der Waals surface area contributed by atoms with E-state index in [1.54, 1.807) is 18.0 Å². The molecule has 0 radical (unpaired) electrons. The Kier molecular flexibility index (Phi) is 4.26. The van der Waals surface area contributed by atoms with Crippen molar-refractivity contribution >= 4 is 17.4 Å². The number of benzene rings is 2. The van der Waals surface area contributed by atoms with Gasteiger partial charge in [-0.1, -0.05) is 24.3 Å². The van der Waals surface area contributed by atoms with Crippen LogP contribution in [0.5, 0.6) is 0 Å². The Labute approximate surface area is 128 Å². The molecule has 21 heavy (non-hydrogen) atoms. The largest absolute Gasteiger partial charge is 0.444 e. The maximum absolute atomic E-state index is 5.32. The van der Waals surface area contributed by atoms with Gasteiger partial charge in [-0.25, -0.2) is 4.98 Å². The van der Waals surface area contributed by atoms with Crippen molar-refractivity contribution in [2.75, 3.05) is 11.6 Å². The van der Waals surface area contributed by atoms with Gasteiger partial charge in [-0.15, -0.1) is 11.8 Å². The highest BCUT2D eigenvalue weighted by Crippen LogP contribution is 2.22. The van der Waals surface area contributed by atoms with Gasteiger partial charge in [-0.05, 0) is 36.1 Å². The van der Waals surface area contributed by atoms with Crippen LogP contribution in [0.15, 0.2) is 70.4 Å². The van der Waals surface area contributed by atoms with E-state index >= 15 is 0 Å². The number of thioether (sulfide) groups is 1. The molecular weight excluding hydrogens is 280 g/mol. The zero-order valence-corrected chi connectivity index (χ0v) is 12.6. The quantitative estimate of drug-likeness (QED) is 0.694. The van der Waals surface area contributed by atoms with Gasteiger partial charge < -0.3 is 9.73 Å². The highest BCUT2D eigenvalue weighted by Gasteiger charge is 2.02. The van der Waals surface area contributed by atoms with Gasteiger partial charge in [0.15, 0.2) is 12.2 Å². The molecule has 2 aromatic carbocycles. The van der Waals surface area contributed by atoms with Crippen molar-refractivity contribution < 1.29 is 4.42 Å². The highest BCUT2D eigenvalue weighted by atomic mass is 32.2. The summed E-state index contributed by atoms with van der Waals surface area (Å²) in [5, 5.41) is 3.43. The third-order valence-corrected chi connectivity index (χ3v) is 3.98. The molecule has 106 valence electrons. The van der Waals surface area contributed by atoms with Crippen LogP contribution in [0.4, 0.5) is 5.69 Å². The lowest BCUT2D eigenvalue weighted by Crippen LogP contribution is -1.99. The molecule has 1 N–H and O–H groups in total. The van der Waals surface area contributed by atoms with E-state index in [-0.39, 0.29) is 0 Å². The van der Waals surface area contributed by atoms with Crippen molar-refractivity contribution in [2.45, 2.75) is 11.4 Å². The zero-order chi connectivity index (χ0) is 14.5. The molecular formula is C17H16N2OS. The SMILES string of the molecule is CSc1ccc(CNc2cccc(-c3cnco3)c2)cc1. The minimum Gasteiger partial charge on any atom is -0.444 e. The van der Waals surface area contributed by atoms with Gasteiger partial charge in [0, 0.05) is 22.7 Å². The number of hydrogen-bond donors (Lipinski definition) is 1. The molecule has 0 aliphatic rings. The summed E-state index contributed by atoms with van der Waals surface area (Å²) >= 11 is 1.76. The van der Waals surface area contributed by atoms with Crippen molar-refractivity contribution in [3.63, 3.8) is 0 Å². The molecule has 0 aliphatic heterocycles. The number of rotatable bonds is 5. The first-order valence-electron chi connectivity index (χ1n) is 6.71. The Morgan fingerprint density at radius 2 is 2.00 bits per heavy atom. The molecule has 0 atom stereocenters. The van der Waals surface area contributed by atoms with Crippen LogP contribution in [-0.2, 0) is 6.54 Å². The zero-order valence-electron chi connectivity index (χ0n) is 11.7. The van der Waals surface area contributed by atoms with Crippen LogP contribution in [0.1, 0.15) is 5.56 Å². The normalized spacial score (nSPS) is 10.5. The first-order chi connectivity index (χ1) is 10.3. The fourth-order valence-corrected chi connectivity index (χ4v) is 2.50. The van der Waals surface area contributed by atoms with Crippen LogP contribution >= 0.6 is 11.8 Å². The second-order valence-electron chi connectivity index (χ2n) is 4.65. The molecule has 0 unspecified atom stereocenters.